The summed E-state index contributed by atoms with van der Waals surface area (Å²) in [6, 6.07) is 7.56. The zero-order valence-electron chi connectivity index (χ0n) is 12.0. The lowest BCUT2D eigenvalue weighted by molar-refractivity contribution is 0.0686. The Morgan fingerprint density at radius 1 is 1.24 bits per heavy atom. The molecule has 0 radical (unpaired) electrons. The van der Waals surface area contributed by atoms with E-state index in [1.165, 1.54) is 0 Å². The van der Waals surface area contributed by atoms with Gasteiger partial charge in [0, 0.05) is 12.3 Å². The summed E-state index contributed by atoms with van der Waals surface area (Å²) in [5.74, 6) is 2.80. The quantitative estimate of drug-likeness (QED) is 0.785. The molecule has 7 heteroatoms. The van der Waals surface area contributed by atoms with E-state index in [2.05, 4.69) is 15.1 Å². The summed E-state index contributed by atoms with van der Waals surface area (Å²) in [5.41, 5.74) is 0. The van der Waals surface area contributed by atoms with Crippen LogP contribution in [0.4, 0.5) is 0 Å². The minimum absolute atomic E-state index is 0.351. The van der Waals surface area contributed by atoms with E-state index in [-0.39, 0.29) is 6.10 Å². The lowest BCUT2D eigenvalue weighted by atomic mass is 10.2. The lowest BCUT2D eigenvalue weighted by Crippen LogP contribution is -2.21. The highest BCUT2D eigenvalue weighted by molar-refractivity contribution is 7.99. The van der Waals surface area contributed by atoms with Crippen LogP contribution in [0.15, 0.2) is 33.9 Å². The Morgan fingerprint density at radius 3 is 2.86 bits per heavy atom. The van der Waals surface area contributed by atoms with E-state index in [0.717, 1.165) is 18.0 Å². The second-order valence-corrected chi connectivity index (χ2v) is 5.97. The molecular weight excluding hydrogens is 290 g/mol. The molecule has 0 amide bonds. The molecule has 0 saturated heterocycles. The fraction of sp³-hybridized carbons (Fsp3) is 0.429. The minimum atomic E-state index is -0.351. The average Bonchev–Trinajstić information content (AvgIpc) is 2.95. The van der Waals surface area contributed by atoms with Gasteiger partial charge in [0.15, 0.2) is 11.5 Å². The number of thioether (sulfide) groups is 1. The first kappa shape index (κ1) is 14.2. The average molecular weight is 307 g/mol. The van der Waals surface area contributed by atoms with Gasteiger partial charge in [-0.3, -0.25) is 0 Å². The Balaban J connectivity index is 1.62. The van der Waals surface area contributed by atoms with E-state index in [9.17, 15) is 0 Å². The number of hydrogen-bond acceptors (Lipinski definition) is 7. The summed E-state index contributed by atoms with van der Waals surface area (Å²) in [6.45, 7) is 1.33. The van der Waals surface area contributed by atoms with E-state index in [1.54, 1.807) is 11.8 Å². The number of fused-ring (bicyclic) bond motifs is 1. The maximum atomic E-state index is 5.84. The van der Waals surface area contributed by atoms with Crippen molar-refractivity contribution in [2.24, 2.45) is 0 Å². The van der Waals surface area contributed by atoms with Crippen LogP contribution in [0, 0.1) is 0 Å². The molecule has 21 heavy (non-hydrogen) atoms. The Labute approximate surface area is 127 Å². The zero-order valence-corrected chi connectivity index (χ0v) is 12.8. The molecule has 1 atom stereocenters. The molecule has 0 spiro atoms. The van der Waals surface area contributed by atoms with Crippen LogP contribution in [-0.2, 0) is 0 Å². The predicted molar refractivity (Wildman–Crippen MR) is 78.9 cm³/mol. The molecule has 0 unspecified atom stereocenters. The summed E-state index contributed by atoms with van der Waals surface area (Å²) in [4.78, 5) is 2.11. The van der Waals surface area contributed by atoms with Crippen LogP contribution in [0.25, 0.3) is 0 Å². The van der Waals surface area contributed by atoms with E-state index < -0.39 is 0 Å². The standard InChI is InChI=1S/C14H17N3O3S/c1-17(2)7-8-21-14-16-15-13(20-14)12-9-18-10-5-3-4-6-11(10)19-12/h3-6,12H,7-9H2,1-2H3/t12-/m1/s1. The summed E-state index contributed by atoms with van der Waals surface area (Å²) in [5, 5.41) is 8.66. The zero-order chi connectivity index (χ0) is 14.7. The fourth-order valence-corrected chi connectivity index (χ4v) is 2.74. The third-order valence-electron chi connectivity index (χ3n) is 2.97. The maximum Gasteiger partial charge on any atom is 0.276 e. The van der Waals surface area contributed by atoms with Crippen LogP contribution in [0.1, 0.15) is 12.0 Å². The molecule has 0 saturated carbocycles. The summed E-state index contributed by atoms with van der Waals surface area (Å²) >= 11 is 1.54. The minimum Gasteiger partial charge on any atom is -0.485 e. The highest BCUT2D eigenvalue weighted by Crippen LogP contribution is 2.35. The third-order valence-corrected chi connectivity index (χ3v) is 3.77. The Bertz CT molecular complexity index is 603. The van der Waals surface area contributed by atoms with Gasteiger partial charge in [0.2, 0.25) is 6.10 Å². The molecule has 2 heterocycles. The molecule has 1 aliphatic rings. The van der Waals surface area contributed by atoms with Gasteiger partial charge in [0.1, 0.15) is 6.61 Å². The first-order valence-electron chi connectivity index (χ1n) is 6.72. The van der Waals surface area contributed by atoms with Crippen molar-refractivity contribution in [3.8, 4) is 11.5 Å². The van der Waals surface area contributed by atoms with Crippen molar-refractivity contribution in [3.05, 3.63) is 30.2 Å². The number of benzene rings is 1. The molecule has 0 N–H and O–H groups in total. The largest absolute Gasteiger partial charge is 0.485 e. The molecule has 2 aromatic rings. The number of aromatic nitrogens is 2. The van der Waals surface area contributed by atoms with E-state index in [4.69, 9.17) is 13.9 Å². The van der Waals surface area contributed by atoms with Gasteiger partial charge in [0.25, 0.3) is 11.1 Å². The Kier molecular flexibility index (Phi) is 4.31. The van der Waals surface area contributed by atoms with Crippen molar-refractivity contribution < 1.29 is 13.9 Å². The van der Waals surface area contributed by atoms with Crippen LogP contribution >= 0.6 is 11.8 Å². The molecule has 0 fully saturated rings. The van der Waals surface area contributed by atoms with Crippen molar-refractivity contribution in [2.45, 2.75) is 11.3 Å². The van der Waals surface area contributed by atoms with Crippen molar-refractivity contribution in [2.75, 3.05) is 33.0 Å². The van der Waals surface area contributed by atoms with Gasteiger partial charge in [0.05, 0.1) is 0 Å². The van der Waals surface area contributed by atoms with Crippen molar-refractivity contribution >= 4 is 11.8 Å². The molecule has 1 aliphatic heterocycles. The van der Waals surface area contributed by atoms with E-state index >= 15 is 0 Å². The van der Waals surface area contributed by atoms with Gasteiger partial charge in [-0.25, -0.2) is 0 Å². The monoisotopic (exact) mass is 307 g/mol. The first-order chi connectivity index (χ1) is 10.2. The third kappa shape index (κ3) is 3.48. The van der Waals surface area contributed by atoms with Crippen molar-refractivity contribution in [1.82, 2.24) is 15.1 Å². The Morgan fingerprint density at radius 2 is 2.05 bits per heavy atom. The first-order valence-corrected chi connectivity index (χ1v) is 7.70. The highest BCUT2D eigenvalue weighted by Gasteiger charge is 2.27. The molecule has 3 rings (SSSR count). The van der Waals surface area contributed by atoms with Gasteiger partial charge < -0.3 is 18.8 Å². The van der Waals surface area contributed by atoms with E-state index in [1.807, 2.05) is 38.4 Å². The van der Waals surface area contributed by atoms with Gasteiger partial charge in [-0.15, -0.1) is 10.2 Å². The molecule has 112 valence electrons. The second kappa shape index (κ2) is 6.36. The summed E-state index contributed by atoms with van der Waals surface area (Å²) < 4.78 is 17.1. The second-order valence-electron chi connectivity index (χ2n) is 4.92. The Hall–Kier alpha value is -1.73. The molecule has 0 aliphatic carbocycles. The summed E-state index contributed by atoms with van der Waals surface area (Å²) in [6.07, 6.45) is -0.351. The predicted octanol–water partition coefficient (Wildman–Crippen LogP) is 2.24. The molecule has 6 nitrogen and oxygen atoms in total. The molecular formula is C14H17N3O3S. The number of ether oxygens (including phenoxy) is 2. The fourth-order valence-electron chi connectivity index (χ4n) is 1.87. The number of hydrogen-bond donors (Lipinski definition) is 0. The van der Waals surface area contributed by atoms with Gasteiger partial charge in [-0.1, -0.05) is 23.9 Å². The molecule has 0 bridgehead atoms. The van der Waals surface area contributed by atoms with E-state index in [0.29, 0.717) is 23.5 Å². The van der Waals surface area contributed by atoms with Crippen LogP contribution in [0.5, 0.6) is 11.5 Å². The lowest BCUT2D eigenvalue weighted by Gasteiger charge is -2.23. The summed E-state index contributed by atoms with van der Waals surface area (Å²) in [7, 11) is 4.06. The topological polar surface area (TPSA) is 60.6 Å². The van der Waals surface area contributed by atoms with Gasteiger partial charge >= 0.3 is 0 Å². The number of nitrogens with zero attached hydrogens (tertiary/aromatic N) is 3. The van der Waals surface area contributed by atoms with Crippen LogP contribution < -0.4 is 9.47 Å². The van der Waals surface area contributed by atoms with Crippen molar-refractivity contribution in [3.63, 3.8) is 0 Å². The number of para-hydroxylation sites is 2. The van der Waals surface area contributed by atoms with Crippen LogP contribution in [0.3, 0.4) is 0 Å². The van der Waals surface area contributed by atoms with Gasteiger partial charge in [-0.05, 0) is 26.2 Å². The smallest absolute Gasteiger partial charge is 0.276 e. The van der Waals surface area contributed by atoms with Crippen molar-refractivity contribution in [1.29, 1.82) is 0 Å². The highest BCUT2D eigenvalue weighted by atomic mass is 32.2. The molecule has 1 aromatic carbocycles. The van der Waals surface area contributed by atoms with Crippen LogP contribution in [0.2, 0.25) is 0 Å². The maximum absolute atomic E-state index is 5.84. The number of rotatable bonds is 5. The van der Waals surface area contributed by atoms with Gasteiger partial charge in [-0.2, -0.15) is 0 Å². The molecule has 1 aromatic heterocycles. The normalized spacial score (nSPS) is 17.2. The SMILES string of the molecule is CN(C)CCSc1nnc([C@H]2COc3ccccc3O2)o1. The van der Waals surface area contributed by atoms with Crippen LogP contribution in [-0.4, -0.2) is 48.1 Å².